The fraction of sp³-hybridized carbons (Fsp3) is 0.455. The molecule has 0 unspecified atom stereocenters. The van der Waals surface area contributed by atoms with Crippen molar-refractivity contribution in [1.82, 2.24) is 5.32 Å². The molecule has 0 heterocycles. The molecule has 1 aliphatic carbocycles. The lowest BCUT2D eigenvalue weighted by atomic mass is 10.1. The van der Waals surface area contributed by atoms with Crippen molar-refractivity contribution < 1.29 is 19.1 Å². The van der Waals surface area contributed by atoms with Crippen LogP contribution >= 0.6 is 0 Å². The molecule has 1 amide bonds. The van der Waals surface area contributed by atoms with Crippen LogP contribution in [0.4, 0.5) is 0 Å². The lowest BCUT2D eigenvalue weighted by Crippen LogP contribution is -2.46. The van der Waals surface area contributed by atoms with Gasteiger partial charge in [-0.1, -0.05) is 24.3 Å². The van der Waals surface area contributed by atoms with Crippen LogP contribution in [-0.2, 0) is 19.1 Å². The van der Waals surface area contributed by atoms with Crippen LogP contribution < -0.4 is 5.32 Å². The SMILES string of the molecule is COC[C@H](NC(=O)C1C=CC=C1)C(=O)OC. The molecule has 1 rings (SSSR count). The third kappa shape index (κ3) is 3.20. The van der Waals surface area contributed by atoms with Crippen molar-refractivity contribution in [2.45, 2.75) is 6.04 Å². The molecule has 0 spiro atoms. The lowest BCUT2D eigenvalue weighted by Gasteiger charge is -2.16. The second-order valence-electron chi connectivity index (χ2n) is 3.34. The highest BCUT2D eigenvalue weighted by Crippen LogP contribution is 2.09. The maximum atomic E-state index is 11.7. The van der Waals surface area contributed by atoms with Crippen molar-refractivity contribution in [3.8, 4) is 0 Å². The standard InChI is InChI=1S/C11H15NO4/c1-15-7-9(11(14)16-2)12-10(13)8-5-3-4-6-8/h3-6,8-9H,7H2,1-2H3,(H,12,13)/t9-/m0/s1. The minimum atomic E-state index is -0.759. The number of methoxy groups -OCH3 is 2. The second kappa shape index (κ2) is 6.07. The largest absolute Gasteiger partial charge is 0.467 e. The average molecular weight is 225 g/mol. The Hall–Kier alpha value is -1.62. The minimum Gasteiger partial charge on any atom is -0.467 e. The number of ether oxygens (including phenoxy) is 2. The molecule has 5 nitrogen and oxygen atoms in total. The van der Waals surface area contributed by atoms with Crippen LogP contribution in [0.5, 0.6) is 0 Å². The summed E-state index contributed by atoms with van der Waals surface area (Å²) in [6, 6.07) is -0.759. The molecular weight excluding hydrogens is 210 g/mol. The molecular formula is C11H15NO4. The summed E-state index contributed by atoms with van der Waals surface area (Å²) in [4.78, 5) is 23.0. The number of rotatable bonds is 5. The van der Waals surface area contributed by atoms with Gasteiger partial charge in [-0.3, -0.25) is 4.79 Å². The number of hydrogen-bond acceptors (Lipinski definition) is 4. The summed E-state index contributed by atoms with van der Waals surface area (Å²) in [6.07, 6.45) is 7.06. The van der Waals surface area contributed by atoms with Crippen LogP contribution in [0.1, 0.15) is 0 Å². The van der Waals surface area contributed by atoms with Crippen LogP contribution in [-0.4, -0.2) is 38.7 Å². The van der Waals surface area contributed by atoms with Gasteiger partial charge in [0.2, 0.25) is 5.91 Å². The molecule has 0 fully saturated rings. The summed E-state index contributed by atoms with van der Waals surface area (Å²) in [5.74, 6) is -1.07. The first kappa shape index (κ1) is 12.4. The van der Waals surface area contributed by atoms with E-state index in [-0.39, 0.29) is 18.4 Å². The maximum Gasteiger partial charge on any atom is 0.330 e. The fourth-order valence-electron chi connectivity index (χ4n) is 1.35. The van der Waals surface area contributed by atoms with Gasteiger partial charge in [-0.15, -0.1) is 0 Å². The van der Waals surface area contributed by atoms with Gasteiger partial charge in [0.15, 0.2) is 6.04 Å². The highest BCUT2D eigenvalue weighted by atomic mass is 16.5. The Morgan fingerprint density at radius 2 is 1.94 bits per heavy atom. The topological polar surface area (TPSA) is 64.6 Å². The van der Waals surface area contributed by atoms with Crippen LogP contribution in [0.25, 0.3) is 0 Å². The number of hydrogen-bond donors (Lipinski definition) is 1. The zero-order valence-corrected chi connectivity index (χ0v) is 9.30. The summed E-state index contributed by atoms with van der Waals surface area (Å²) in [5.41, 5.74) is 0. The number of carbonyl (C=O) groups is 2. The van der Waals surface area contributed by atoms with E-state index < -0.39 is 12.0 Å². The summed E-state index contributed by atoms with van der Waals surface area (Å²) in [5, 5.41) is 2.57. The van der Waals surface area contributed by atoms with E-state index in [1.165, 1.54) is 14.2 Å². The lowest BCUT2D eigenvalue weighted by molar-refractivity contribution is -0.146. The van der Waals surface area contributed by atoms with Crippen molar-refractivity contribution >= 4 is 11.9 Å². The fourth-order valence-corrected chi connectivity index (χ4v) is 1.35. The molecule has 0 bridgehead atoms. The van der Waals surface area contributed by atoms with E-state index in [0.29, 0.717) is 0 Å². The molecule has 0 aromatic rings. The quantitative estimate of drug-likeness (QED) is 0.671. The maximum absolute atomic E-state index is 11.7. The van der Waals surface area contributed by atoms with Crippen molar-refractivity contribution in [3.05, 3.63) is 24.3 Å². The molecule has 0 aromatic carbocycles. The molecule has 5 heteroatoms. The number of amides is 1. The van der Waals surface area contributed by atoms with Gasteiger partial charge in [-0.25, -0.2) is 4.79 Å². The van der Waals surface area contributed by atoms with Crippen LogP contribution in [0.15, 0.2) is 24.3 Å². The predicted octanol–water partition coefficient (Wildman–Crippen LogP) is 0.0328. The molecule has 0 aromatic heterocycles. The number of esters is 1. The molecule has 0 radical (unpaired) electrons. The Morgan fingerprint density at radius 1 is 1.31 bits per heavy atom. The number of carbonyl (C=O) groups excluding carboxylic acids is 2. The van der Waals surface area contributed by atoms with Crippen LogP contribution in [0.2, 0.25) is 0 Å². The normalized spacial score (nSPS) is 16.1. The third-order valence-corrected chi connectivity index (χ3v) is 2.19. The Balaban J connectivity index is 2.53. The third-order valence-electron chi connectivity index (χ3n) is 2.19. The summed E-state index contributed by atoms with van der Waals surface area (Å²) in [7, 11) is 2.73. The van der Waals surface area contributed by atoms with Gasteiger partial charge in [0.1, 0.15) is 0 Å². The van der Waals surface area contributed by atoms with Gasteiger partial charge in [-0.2, -0.15) is 0 Å². The van der Waals surface area contributed by atoms with E-state index >= 15 is 0 Å². The molecule has 88 valence electrons. The van der Waals surface area contributed by atoms with E-state index in [0.717, 1.165) is 0 Å². The predicted molar refractivity (Wildman–Crippen MR) is 57.6 cm³/mol. The summed E-state index contributed by atoms with van der Waals surface area (Å²) >= 11 is 0. The van der Waals surface area contributed by atoms with Gasteiger partial charge in [0.05, 0.1) is 19.6 Å². The molecule has 1 N–H and O–H groups in total. The highest BCUT2D eigenvalue weighted by Gasteiger charge is 2.24. The smallest absolute Gasteiger partial charge is 0.330 e. The molecule has 1 atom stereocenters. The van der Waals surface area contributed by atoms with Gasteiger partial charge < -0.3 is 14.8 Å². The molecule has 0 aliphatic heterocycles. The van der Waals surface area contributed by atoms with Crippen LogP contribution in [0, 0.1) is 5.92 Å². The van der Waals surface area contributed by atoms with Crippen LogP contribution in [0.3, 0.4) is 0 Å². The number of allylic oxidation sites excluding steroid dienone is 2. The second-order valence-corrected chi connectivity index (χ2v) is 3.34. The zero-order valence-electron chi connectivity index (χ0n) is 9.30. The first-order valence-corrected chi connectivity index (χ1v) is 4.91. The first-order chi connectivity index (χ1) is 7.69. The van der Waals surface area contributed by atoms with Gasteiger partial charge in [0.25, 0.3) is 0 Å². The summed E-state index contributed by atoms with van der Waals surface area (Å²) < 4.78 is 9.40. The van der Waals surface area contributed by atoms with E-state index in [9.17, 15) is 9.59 Å². The molecule has 0 saturated heterocycles. The van der Waals surface area contributed by atoms with Crippen molar-refractivity contribution in [3.63, 3.8) is 0 Å². The monoisotopic (exact) mass is 225 g/mol. The minimum absolute atomic E-state index is 0.0958. The Bertz CT molecular complexity index is 310. The Labute approximate surface area is 94.1 Å². The number of nitrogens with one attached hydrogen (secondary N) is 1. The first-order valence-electron chi connectivity index (χ1n) is 4.91. The van der Waals surface area contributed by atoms with Crippen molar-refractivity contribution in [2.75, 3.05) is 20.8 Å². The van der Waals surface area contributed by atoms with E-state index in [1.54, 1.807) is 24.3 Å². The molecule has 1 aliphatic rings. The summed E-state index contributed by atoms with van der Waals surface area (Å²) in [6.45, 7) is 0.0958. The molecule has 16 heavy (non-hydrogen) atoms. The van der Waals surface area contributed by atoms with E-state index in [2.05, 4.69) is 10.1 Å². The average Bonchev–Trinajstić information content (AvgIpc) is 2.80. The van der Waals surface area contributed by atoms with E-state index in [4.69, 9.17) is 4.74 Å². The van der Waals surface area contributed by atoms with Crippen molar-refractivity contribution in [2.24, 2.45) is 5.92 Å². The molecule has 0 saturated carbocycles. The zero-order chi connectivity index (χ0) is 12.0. The van der Waals surface area contributed by atoms with Gasteiger partial charge in [-0.05, 0) is 0 Å². The Kier molecular flexibility index (Phi) is 4.72. The highest BCUT2D eigenvalue weighted by molar-refractivity contribution is 5.88. The Morgan fingerprint density at radius 3 is 2.44 bits per heavy atom. The van der Waals surface area contributed by atoms with Gasteiger partial charge in [0, 0.05) is 7.11 Å². The van der Waals surface area contributed by atoms with Gasteiger partial charge >= 0.3 is 5.97 Å². The van der Waals surface area contributed by atoms with E-state index in [1.807, 2.05) is 0 Å². The van der Waals surface area contributed by atoms with Crippen molar-refractivity contribution in [1.29, 1.82) is 0 Å².